The second-order valence-corrected chi connectivity index (χ2v) is 7.81. The first-order valence-electron chi connectivity index (χ1n) is 8.26. The third kappa shape index (κ3) is 5.59. The Kier molecular flexibility index (Phi) is 6.42. The number of benzene rings is 2. The SMILES string of the molecule is CC(=O)Nc1ccccc1NC(=O)COc1ccc(C(C)(C)C)cc1Br. The maximum atomic E-state index is 12.2. The van der Waals surface area contributed by atoms with Crippen molar-refractivity contribution < 1.29 is 14.3 Å². The van der Waals surface area contributed by atoms with E-state index >= 15 is 0 Å². The number of anilines is 2. The van der Waals surface area contributed by atoms with Gasteiger partial charge in [-0.25, -0.2) is 0 Å². The van der Waals surface area contributed by atoms with Crippen molar-refractivity contribution in [3.63, 3.8) is 0 Å². The van der Waals surface area contributed by atoms with Crippen molar-refractivity contribution >= 4 is 39.1 Å². The Bertz CT molecular complexity index is 813. The Balaban J connectivity index is 2.01. The standard InChI is InChI=1S/C20H23BrN2O3/c1-13(24)22-16-7-5-6-8-17(16)23-19(25)12-26-18-10-9-14(11-15(18)21)20(2,3)4/h5-11H,12H2,1-4H3,(H,22,24)(H,23,25). The zero-order chi connectivity index (χ0) is 19.3. The van der Waals surface area contributed by atoms with Crippen molar-refractivity contribution in [2.45, 2.75) is 33.1 Å². The summed E-state index contributed by atoms with van der Waals surface area (Å²) in [7, 11) is 0. The highest BCUT2D eigenvalue weighted by atomic mass is 79.9. The Morgan fingerprint density at radius 2 is 1.65 bits per heavy atom. The van der Waals surface area contributed by atoms with E-state index < -0.39 is 0 Å². The van der Waals surface area contributed by atoms with E-state index in [1.165, 1.54) is 12.5 Å². The van der Waals surface area contributed by atoms with Crippen LogP contribution in [-0.4, -0.2) is 18.4 Å². The van der Waals surface area contributed by atoms with Crippen molar-refractivity contribution in [3.05, 3.63) is 52.5 Å². The quantitative estimate of drug-likeness (QED) is 0.737. The third-order valence-electron chi connectivity index (χ3n) is 3.67. The van der Waals surface area contributed by atoms with Crippen LogP contribution in [0, 0.1) is 0 Å². The van der Waals surface area contributed by atoms with E-state index in [2.05, 4.69) is 47.3 Å². The molecule has 0 unspecified atom stereocenters. The van der Waals surface area contributed by atoms with E-state index in [4.69, 9.17) is 4.74 Å². The highest BCUT2D eigenvalue weighted by molar-refractivity contribution is 9.10. The first kappa shape index (κ1) is 20.0. The van der Waals surface area contributed by atoms with E-state index in [0.717, 1.165) is 4.47 Å². The molecule has 0 radical (unpaired) electrons. The van der Waals surface area contributed by atoms with Gasteiger partial charge in [0.25, 0.3) is 5.91 Å². The van der Waals surface area contributed by atoms with Crippen molar-refractivity contribution in [1.29, 1.82) is 0 Å². The van der Waals surface area contributed by atoms with Gasteiger partial charge in [-0.15, -0.1) is 0 Å². The summed E-state index contributed by atoms with van der Waals surface area (Å²) in [5.41, 5.74) is 2.28. The molecule has 2 rings (SSSR count). The van der Waals surface area contributed by atoms with Gasteiger partial charge in [-0.05, 0) is 51.2 Å². The van der Waals surface area contributed by atoms with E-state index in [9.17, 15) is 9.59 Å². The molecule has 0 saturated heterocycles. The maximum absolute atomic E-state index is 12.2. The first-order valence-corrected chi connectivity index (χ1v) is 9.05. The fraction of sp³-hybridized carbons (Fsp3) is 0.300. The fourth-order valence-electron chi connectivity index (χ4n) is 2.30. The molecule has 0 saturated carbocycles. The van der Waals surface area contributed by atoms with Gasteiger partial charge in [-0.3, -0.25) is 9.59 Å². The molecule has 0 atom stereocenters. The summed E-state index contributed by atoms with van der Waals surface area (Å²) in [4.78, 5) is 23.4. The number of para-hydroxylation sites is 2. The minimum atomic E-state index is -0.311. The van der Waals surface area contributed by atoms with Crippen molar-refractivity contribution in [2.75, 3.05) is 17.2 Å². The van der Waals surface area contributed by atoms with Gasteiger partial charge in [0.1, 0.15) is 5.75 Å². The van der Waals surface area contributed by atoms with Crippen LogP contribution in [0.15, 0.2) is 46.9 Å². The topological polar surface area (TPSA) is 67.4 Å². The van der Waals surface area contributed by atoms with Crippen LogP contribution < -0.4 is 15.4 Å². The molecule has 0 spiro atoms. The van der Waals surface area contributed by atoms with Gasteiger partial charge < -0.3 is 15.4 Å². The smallest absolute Gasteiger partial charge is 0.262 e. The number of halogens is 1. The van der Waals surface area contributed by atoms with Crippen LogP contribution in [0.5, 0.6) is 5.75 Å². The van der Waals surface area contributed by atoms with Crippen molar-refractivity contribution in [3.8, 4) is 5.75 Å². The molecular weight excluding hydrogens is 396 g/mol. The van der Waals surface area contributed by atoms with Crippen LogP contribution in [-0.2, 0) is 15.0 Å². The monoisotopic (exact) mass is 418 g/mol. The van der Waals surface area contributed by atoms with Gasteiger partial charge in [0.15, 0.2) is 6.61 Å². The average molecular weight is 419 g/mol. The first-order chi connectivity index (χ1) is 12.2. The molecule has 0 aromatic heterocycles. The molecule has 2 amide bonds. The average Bonchev–Trinajstić information content (AvgIpc) is 2.54. The predicted molar refractivity (Wildman–Crippen MR) is 108 cm³/mol. The Morgan fingerprint density at radius 1 is 1.04 bits per heavy atom. The second kappa shape index (κ2) is 8.36. The van der Waals surface area contributed by atoms with Gasteiger partial charge in [0, 0.05) is 6.92 Å². The van der Waals surface area contributed by atoms with Gasteiger partial charge in [-0.2, -0.15) is 0 Å². The zero-order valence-electron chi connectivity index (χ0n) is 15.4. The lowest BCUT2D eigenvalue weighted by Crippen LogP contribution is -2.21. The molecule has 2 aromatic carbocycles. The van der Waals surface area contributed by atoms with E-state index in [0.29, 0.717) is 17.1 Å². The molecule has 138 valence electrons. The van der Waals surface area contributed by atoms with Gasteiger partial charge in [0.2, 0.25) is 5.91 Å². The lowest BCUT2D eigenvalue weighted by molar-refractivity contribution is -0.118. The molecule has 26 heavy (non-hydrogen) atoms. The molecule has 2 N–H and O–H groups in total. The normalized spacial score (nSPS) is 11.0. The Morgan fingerprint density at radius 3 is 2.19 bits per heavy atom. The Labute approximate surface area is 162 Å². The lowest BCUT2D eigenvalue weighted by atomic mass is 9.87. The highest BCUT2D eigenvalue weighted by Gasteiger charge is 2.16. The van der Waals surface area contributed by atoms with Crippen LogP contribution in [0.25, 0.3) is 0 Å². The van der Waals surface area contributed by atoms with Crippen LogP contribution in [0.4, 0.5) is 11.4 Å². The highest BCUT2D eigenvalue weighted by Crippen LogP contribution is 2.31. The van der Waals surface area contributed by atoms with E-state index in [1.54, 1.807) is 24.3 Å². The third-order valence-corrected chi connectivity index (χ3v) is 4.29. The molecule has 0 heterocycles. The number of nitrogens with one attached hydrogen (secondary N) is 2. The molecule has 0 fully saturated rings. The summed E-state index contributed by atoms with van der Waals surface area (Å²) in [6.45, 7) is 7.68. The second-order valence-electron chi connectivity index (χ2n) is 6.96. The van der Waals surface area contributed by atoms with E-state index in [1.807, 2.05) is 18.2 Å². The number of hydrogen-bond acceptors (Lipinski definition) is 3. The number of rotatable bonds is 5. The summed E-state index contributed by atoms with van der Waals surface area (Å²) in [6.07, 6.45) is 0. The molecule has 0 aliphatic rings. The number of hydrogen-bond donors (Lipinski definition) is 2. The molecule has 2 aromatic rings. The summed E-state index contributed by atoms with van der Waals surface area (Å²) in [6, 6.07) is 12.8. The zero-order valence-corrected chi connectivity index (χ0v) is 16.9. The van der Waals surface area contributed by atoms with Crippen LogP contribution in [0.1, 0.15) is 33.3 Å². The summed E-state index contributed by atoms with van der Waals surface area (Å²) < 4.78 is 6.42. The number of amides is 2. The number of ether oxygens (including phenoxy) is 1. The molecular formula is C20H23BrN2O3. The maximum Gasteiger partial charge on any atom is 0.262 e. The Hall–Kier alpha value is -2.34. The van der Waals surface area contributed by atoms with Crippen LogP contribution in [0.3, 0.4) is 0 Å². The largest absolute Gasteiger partial charge is 0.483 e. The van der Waals surface area contributed by atoms with Crippen LogP contribution in [0.2, 0.25) is 0 Å². The molecule has 6 heteroatoms. The molecule has 0 aliphatic heterocycles. The molecule has 5 nitrogen and oxygen atoms in total. The van der Waals surface area contributed by atoms with Crippen molar-refractivity contribution in [2.24, 2.45) is 0 Å². The summed E-state index contributed by atoms with van der Waals surface area (Å²) >= 11 is 3.49. The number of carbonyl (C=O) groups is 2. The summed E-state index contributed by atoms with van der Waals surface area (Å²) in [5.74, 6) is 0.0868. The van der Waals surface area contributed by atoms with Gasteiger partial charge >= 0.3 is 0 Å². The summed E-state index contributed by atoms with van der Waals surface area (Å²) in [5, 5.41) is 5.43. The van der Waals surface area contributed by atoms with E-state index in [-0.39, 0.29) is 23.8 Å². The number of carbonyl (C=O) groups excluding carboxylic acids is 2. The van der Waals surface area contributed by atoms with Crippen LogP contribution >= 0.6 is 15.9 Å². The minimum Gasteiger partial charge on any atom is -0.483 e. The van der Waals surface area contributed by atoms with Gasteiger partial charge in [-0.1, -0.05) is 39.0 Å². The molecule has 0 aliphatic carbocycles. The van der Waals surface area contributed by atoms with Crippen molar-refractivity contribution in [1.82, 2.24) is 0 Å². The predicted octanol–water partition coefficient (Wildman–Crippen LogP) is 4.72. The lowest BCUT2D eigenvalue weighted by Gasteiger charge is -2.20. The fourth-order valence-corrected chi connectivity index (χ4v) is 2.80. The minimum absolute atomic E-state index is 0.0336. The van der Waals surface area contributed by atoms with Gasteiger partial charge in [0.05, 0.1) is 15.8 Å². The molecule has 0 bridgehead atoms.